The van der Waals surface area contributed by atoms with Crippen molar-refractivity contribution in [2.45, 2.75) is 0 Å². The summed E-state index contributed by atoms with van der Waals surface area (Å²) in [5.74, 6) is 0.424. The van der Waals surface area contributed by atoms with E-state index in [1.807, 2.05) is 6.08 Å². The molecule has 0 radical (unpaired) electrons. The van der Waals surface area contributed by atoms with Gasteiger partial charge in [0, 0.05) is 12.7 Å². The van der Waals surface area contributed by atoms with Crippen LogP contribution in [0.3, 0.4) is 0 Å². The van der Waals surface area contributed by atoms with Gasteiger partial charge in [-0.2, -0.15) is 0 Å². The van der Waals surface area contributed by atoms with Gasteiger partial charge in [-0.25, -0.2) is 0 Å². The molecule has 1 rings (SSSR count). The summed E-state index contributed by atoms with van der Waals surface area (Å²) in [7, 11) is 0. The molecule has 5 nitrogen and oxygen atoms in total. The number of hydrogen-bond acceptors (Lipinski definition) is 4. The fraction of sp³-hybridized carbons (Fsp3) is 0.200. The topological polar surface area (TPSA) is 67.2 Å². The number of rotatable bonds is 1. The highest BCUT2D eigenvalue weighted by molar-refractivity contribution is 5.04. The average molecular weight is 141 g/mol. The Labute approximate surface area is 57.6 Å². The SMILES string of the molecule is O=[N+]([O-])/C=C1\NC=CCN1. The summed E-state index contributed by atoms with van der Waals surface area (Å²) in [4.78, 5) is 9.39. The molecule has 0 aromatic heterocycles. The summed E-state index contributed by atoms with van der Waals surface area (Å²) in [5, 5.41) is 15.3. The lowest BCUT2D eigenvalue weighted by Gasteiger charge is -2.09. The molecule has 0 unspecified atom stereocenters. The molecule has 0 saturated heterocycles. The summed E-state index contributed by atoms with van der Waals surface area (Å²) in [5.41, 5.74) is 0. The third-order valence-corrected chi connectivity index (χ3v) is 1.00. The largest absolute Gasteiger partial charge is 0.363 e. The van der Waals surface area contributed by atoms with Crippen molar-refractivity contribution in [3.8, 4) is 0 Å². The normalized spacial score (nSPS) is 19.8. The first-order valence-corrected chi connectivity index (χ1v) is 2.80. The van der Waals surface area contributed by atoms with Gasteiger partial charge in [-0.05, 0) is 6.08 Å². The number of nitro groups is 1. The Balaban J connectivity index is 2.56. The van der Waals surface area contributed by atoms with E-state index in [9.17, 15) is 10.1 Å². The van der Waals surface area contributed by atoms with Crippen LogP contribution in [0.1, 0.15) is 0 Å². The van der Waals surface area contributed by atoms with E-state index < -0.39 is 4.92 Å². The Morgan fingerprint density at radius 3 is 3.10 bits per heavy atom. The standard InChI is InChI=1S/C5H7N3O2/c9-8(10)4-5-6-2-1-3-7-5/h1-2,4,6-7H,3H2/b5-4+. The zero-order valence-corrected chi connectivity index (χ0v) is 5.20. The van der Waals surface area contributed by atoms with E-state index in [4.69, 9.17) is 0 Å². The van der Waals surface area contributed by atoms with Crippen molar-refractivity contribution in [3.63, 3.8) is 0 Å². The first kappa shape index (κ1) is 6.60. The summed E-state index contributed by atoms with van der Waals surface area (Å²) < 4.78 is 0. The van der Waals surface area contributed by atoms with Crippen LogP contribution in [0.4, 0.5) is 0 Å². The molecular formula is C5H7N3O2. The van der Waals surface area contributed by atoms with Crippen molar-refractivity contribution < 1.29 is 4.92 Å². The average Bonchev–Trinajstić information content (AvgIpc) is 1.88. The van der Waals surface area contributed by atoms with E-state index in [1.165, 1.54) is 0 Å². The fourth-order valence-electron chi connectivity index (χ4n) is 0.616. The predicted molar refractivity (Wildman–Crippen MR) is 35.4 cm³/mol. The van der Waals surface area contributed by atoms with Crippen molar-refractivity contribution in [1.29, 1.82) is 0 Å². The molecule has 0 aromatic rings. The van der Waals surface area contributed by atoms with Crippen molar-refractivity contribution in [3.05, 3.63) is 34.4 Å². The van der Waals surface area contributed by atoms with Crippen molar-refractivity contribution >= 4 is 0 Å². The zero-order chi connectivity index (χ0) is 7.40. The summed E-state index contributed by atoms with van der Waals surface area (Å²) in [6.07, 6.45) is 4.38. The molecular weight excluding hydrogens is 134 g/mol. The molecule has 0 amide bonds. The van der Waals surface area contributed by atoms with Gasteiger partial charge in [0.2, 0.25) is 0 Å². The number of hydrogen-bond donors (Lipinski definition) is 2. The minimum Gasteiger partial charge on any atom is -0.363 e. The van der Waals surface area contributed by atoms with E-state index in [-0.39, 0.29) is 0 Å². The highest BCUT2D eigenvalue weighted by Gasteiger charge is 2.00. The smallest absolute Gasteiger partial charge is 0.274 e. The molecule has 0 bridgehead atoms. The minimum absolute atomic E-state index is 0.424. The van der Waals surface area contributed by atoms with Gasteiger partial charge in [0.05, 0.1) is 4.92 Å². The highest BCUT2D eigenvalue weighted by atomic mass is 16.6. The fourth-order valence-corrected chi connectivity index (χ4v) is 0.616. The Hall–Kier alpha value is -1.52. The Morgan fingerprint density at radius 2 is 2.60 bits per heavy atom. The highest BCUT2D eigenvalue weighted by Crippen LogP contribution is 1.88. The number of nitrogens with one attached hydrogen (secondary N) is 2. The van der Waals surface area contributed by atoms with Gasteiger partial charge in [-0.15, -0.1) is 0 Å². The van der Waals surface area contributed by atoms with Gasteiger partial charge in [0.15, 0.2) is 5.82 Å². The number of nitrogens with zero attached hydrogens (tertiary/aromatic N) is 1. The Bertz CT molecular complexity index is 197. The van der Waals surface area contributed by atoms with Crippen LogP contribution >= 0.6 is 0 Å². The molecule has 5 heteroatoms. The third kappa shape index (κ3) is 1.77. The molecule has 0 aromatic carbocycles. The van der Waals surface area contributed by atoms with E-state index in [0.29, 0.717) is 12.4 Å². The maximum Gasteiger partial charge on any atom is 0.274 e. The van der Waals surface area contributed by atoms with Gasteiger partial charge in [0.1, 0.15) is 0 Å². The lowest BCUT2D eigenvalue weighted by Crippen LogP contribution is -2.27. The first-order valence-electron chi connectivity index (χ1n) is 2.80. The van der Waals surface area contributed by atoms with Crippen LogP contribution < -0.4 is 10.6 Å². The molecule has 10 heavy (non-hydrogen) atoms. The van der Waals surface area contributed by atoms with Crippen molar-refractivity contribution in [2.24, 2.45) is 0 Å². The van der Waals surface area contributed by atoms with Crippen LogP contribution in [-0.4, -0.2) is 11.5 Å². The second-order valence-corrected chi connectivity index (χ2v) is 1.76. The van der Waals surface area contributed by atoms with Crippen molar-refractivity contribution in [1.82, 2.24) is 10.6 Å². The van der Waals surface area contributed by atoms with Crippen LogP contribution in [0.15, 0.2) is 24.3 Å². The predicted octanol–water partition coefficient (Wildman–Crippen LogP) is -0.232. The lowest BCUT2D eigenvalue weighted by atomic mass is 10.5. The second-order valence-electron chi connectivity index (χ2n) is 1.76. The molecule has 1 aliphatic heterocycles. The van der Waals surface area contributed by atoms with Gasteiger partial charge in [0.25, 0.3) is 6.20 Å². The monoisotopic (exact) mass is 141 g/mol. The van der Waals surface area contributed by atoms with E-state index in [2.05, 4.69) is 10.6 Å². The van der Waals surface area contributed by atoms with Gasteiger partial charge < -0.3 is 10.6 Å². The molecule has 0 aliphatic carbocycles. The molecule has 1 aliphatic rings. The van der Waals surface area contributed by atoms with Crippen LogP contribution in [0.5, 0.6) is 0 Å². The van der Waals surface area contributed by atoms with Crippen LogP contribution in [0, 0.1) is 10.1 Å². The molecule has 2 N–H and O–H groups in total. The summed E-state index contributed by atoms with van der Waals surface area (Å²) >= 11 is 0. The molecule has 0 fully saturated rings. The third-order valence-electron chi connectivity index (χ3n) is 1.00. The van der Waals surface area contributed by atoms with E-state index in [0.717, 1.165) is 6.20 Å². The van der Waals surface area contributed by atoms with Gasteiger partial charge in [-0.3, -0.25) is 10.1 Å². The maximum absolute atomic E-state index is 9.89. The summed E-state index contributed by atoms with van der Waals surface area (Å²) in [6, 6.07) is 0. The Kier molecular flexibility index (Phi) is 1.89. The van der Waals surface area contributed by atoms with Crippen LogP contribution in [0.25, 0.3) is 0 Å². The zero-order valence-electron chi connectivity index (χ0n) is 5.20. The van der Waals surface area contributed by atoms with E-state index >= 15 is 0 Å². The van der Waals surface area contributed by atoms with Gasteiger partial charge in [-0.1, -0.05) is 0 Å². The first-order chi connectivity index (χ1) is 4.79. The quantitative estimate of drug-likeness (QED) is 0.391. The van der Waals surface area contributed by atoms with Crippen LogP contribution in [0.2, 0.25) is 0 Å². The molecule has 0 saturated carbocycles. The maximum atomic E-state index is 9.89. The molecule has 0 atom stereocenters. The lowest BCUT2D eigenvalue weighted by molar-refractivity contribution is -0.404. The molecule has 1 heterocycles. The van der Waals surface area contributed by atoms with Crippen molar-refractivity contribution in [2.75, 3.05) is 6.54 Å². The minimum atomic E-state index is -0.505. The second kappa shape index (κ2) is 2.86. The molecule has 54 valence electrons. The summed E-state index contributed by atoms with van der Waals surface area (Å²) in [6.45, 7) is 0.632. The van der Waals surface area contributed by atoms with E-state index in [1.54, 1.807) is 6.20 Å². The Morgan fingerprint density at radius 1 is 1.80 bits per heavy atom. The van der Waals surface area contributed by atoms with Crippen LogP contribution in [-0.2, 0) is 0 Å². The van der Waals surface area contributed by atoms with Gasteiger partial charge >= 0.3 is 0 Å². The molecule has 0 spiro atoms.